The highest BCUT2D eigenvalue weighted by atomic mass is 35.5. The highest BCUT2D eigenvalue weighted by molar-refractivity contribution is 5.85. The second-order valence-corrected chi connectivity index (χ2v) is 5.28. The second-order valence-electron chi connectivity index (χ2n) is 5.28. The van der Waals surface area contributed by atoms with Gasteiger partial charge in [0.25, 0.3) is 0 Å². The fourth-order valence-corrected chi connectivity index (χ4v) is 1.93. The van der Waals surface area contributed by atoms with E-state index in [2.05, 4.69) is 10.1 Å². The molecule has 0 unspecified atom stereocenters. The van der Waals surface area contributed by atoms with Crippen LogP contribution in [0.15, 0.2) is 30.3 Å². The van der Waals surface area contributed by atoms with Crippen molar-refractivity contribution in [1.29, 1.82) is 0 Å². The van der Waals surface area contributed by atoms with Crippen LogP contribution in [-0.2, 0) is 14.3 Å². The van der Waals surface area contributed by atoms with Crippen LogP contribution >= 0.6 is 12.4 Å². The number of esters is 1. The van der Waals surface area contributed by atoms with Crippen LogP contribution in [0.25, 0.3) is 0 Å². The SMILES string of the molecule is COC(=O)CCN(CC(C)C)C(=O)CNc1ccccc1.Cl. The monoisotopic (exact) mass is 328 g/mol. The molecule has 1 amide bonds. The van der Waals surface area contributed by atoms with Gasteiger partial charge in [0.05, 0.1) is 20.1 Å². The van der Waals surface area contributed by atoms with E-state index in [0.717, 1.165) is 5.69 Å². The Kier molecular flexibility index (Phi) is 10.0. The lowest BCUT2D eigenvalue weighted by Crippen LogP contribution is -2.39. The van der Waals surface area contributed by atoms with E-state index < -0.39 is 0 Å². The maximum Gasteiger partial charge on any atom is 0.307 e. The molecule has 0 fully saturated rings. The minimum atomic E-state index is -0.299. The fraction of sp³-hybridized carbons (Fsp3) is 0.500. The van der Waals surface area contributed by atoms with Gasteiger partial charge in [-0.2, -0.15) is 0 Å². The van der Waals surface area contributed by atoms with Crippen molar-refractivity contribution < 1.29 is 14.3 Å². The van der Waals surface area contributed by atoms with Crippen LogP contribution in [0.4, 0.5) is 5.69 Å². The second kappa shape index (κ2) is 10.9. The molecule has 22 heavy (non-hydrogen) atoms. The molecule has 0 aliphatic rings. The Hall–Kier alpha value is -1.75. The number of ether oxygens (including phenoxy) is 1. The summed E-state index contributed by atoms with van der Waals surface area (Å²) >= 11 is 0. The molecule has 0 aliphatic carbocycles. The van der Waals surface area contributed by atoms with Gasteiger partial charge in [0.15, 0.2) is 0 Å². The van der Waals surface area contributed by atoms with Gasteiger partial charge >= 0.3 is 5.97 Å². The highest BCUT2D eigenvalue weighted by Crippen LogP contribution is 2.06. The van der Waals surface area contributed by atoms with Crippen molar-refractivity contribution in [3.63, 3.8) is 0 Å². The predicted octanol–water partition coefficient (Wildman–Crippen LogP) is 2.57. The lowest BCUT2D eigenvalue weighted by Gasteiger charge is -2.24. The molecule has 6 heteroatoms. The number of anilines is 1. The number of methoxy groups -OCH3 is 1. The van der Waals surface area contributed by atoms with Crippen LogP contribution in [0.5, 0.6) is 0 Å². The number of carbonyl (C=O) groups is 2. The Morgan fingerprint density at radius 1 is 1.23 bits per heavy atom. The summed E-state index contributed by atoms with van der Waals surface area (Å²) in [4.78, 5) is 25.2. The van der Waals surface area contributed by atoms with Crippen molar-refractivity contribution in [3.8, 4) is 0 Å². The van der Waals surface area contributed by atoms with Crippen LogP contribution in [0.3, 0.4) is 0 Å². The number of hydrogen-bond acceptors (Lipinski definition) is 4. The average molecular weight is 329 g/mol. The van der Waals surface area contributed by atoms with Crippen molar-refractivity contribution in [2.75, 3.05) is 32.1 Å². The maximum absolute atomic E-state index is 12.3. The van der Waals surface area contributed by atoms with E-state index in [4.69, 9.17) is 0 Å². The third-order valence-electron chi connectivity index (χ3n) is 2.97. The Morgan fingerprint density at radius 3 is 2.41 bits per heavy atom. The topological polar surface area (TPSA) is 58.6 Å². The number of benzene rings is 1. The number of amides is 1. The number of nitrogens with one attached hydrogen (secondary N) is 1. The van der Waals surface area contributed by atoms with Gasteiger partial charge in [-0.1, -0.05) is 32.0 Å². The number of hydrogen-bond donors (Lipinski definition) is 1. The Morgan fingerprint density at radius 2 is 1.86 bits per heavy atom. The summed E-state index contributed by atoms with van der Waals surface area (Å²) in [6.45, 7) is 5.33. The normalized spacial score (nSPS) is 9.82. The Bertz CT molecular complexity index is 452. The molecule has 0 bridgehead atoms. The molecule has 0 saturated heterocycles. The average Bonchev–Trinajstić information content (AvgIpc) is 2.49. The van der Waals surface area contributed by atoms with Gasteiger partial charge in [0.2, 0.25) is 5.91 Å². The molecule has 5 nitrogen and oxygen atoms in total. The smallest absolute Gasteiger partial charge is 0.307 e. The molecule has 0 aromatic heterocycles. The summed E-state index contributed by atoms with van der Waals surface area (Å²) in [5, 5.41) is 3.09. The van der Waals surface area contributed by atoms with E-state index >= 15 is 0 Å². The highest BCUT2D eigenvalue weighted by Gasteiger charge is 2.16. The van der Waals surface area contributed by atoms with Crippen LogP contribution in [0, 0.1) is 5.92 Å². The zero-order valence-corrected chi connectivity index (χ0v) is 14.2. The molecular weight excluding hydrogens is 304 g/mol. The molecule has 0 spiro atoms. The number of para-hydroxylation sites is 1. The van der Waals surface area contributed by atoms with Gasteiger partial charge in [-0.25, -0.2) is 0 Å². The van der Waals surface area contributed by atoms with Gasteiger partial charge in [-0.05, 0) is 18.1 Å². The molecule has 1 N–H and O–H groups in total. The van der Waals surface area contributed by atoms with E-state index in [9.17, 15) is 9.59 Å². The lowest BCUT2D eigenvalue weighted by molar-refractivity contribution is -0.141. The molecule has 0 aliphatic heterocycles. The standard InChI is InChI=1S/C16H24N2O3.ClH/c1-13(2)12-18(10-9-16(20)21-3)15(19)11-17-14-7-5-4-6-8-14;/h4-8,13,17H,9-12H2,1-3H3;1H. The maximum atomic E-state index is 12.3. The predicted molar refractivity (Wildman–Crippen MR) is 90.2 cm³/mol. The van der Waals surface area contributed by atoms with Gasteiger partial charge in [-0.15, -0.1) is 12.4 Å². The summed E-state index contributed by atoms with van der Waals surface area (Å²) in [7, 11) is 1.36. The first-order valence-electron chi connectivity index (χ1n) is 7.16. The molecule has 0 radical (unpaired) electrons. The molecule has 0 saturated carbocycles. The quantitative estimate of drug-likeness (QED) is 0.745. The molecule has 0 heterocycles. The summed E-state index contributed by atoms with van der Waals surface area (Å²) in [5.41, 5.74) is 0.906. The number of halogens is 1. The first-order valence-corrected chi connectivity index (χ1v) is 7.16. The van der Waals surface area contributed by atoms with E-state index in [1.165, 1.54) is 7.11 Å². The Balaban J connectivity index is 0.00000441. The van der Waals surface area contributed by atoms with Crippen LogP contribution in [0.1, 0.15) is 20.3 Å². The summed E-state index contributed by atoms with van der Waals surface area (Å²) in [6.07, 6.45) is 0.223. The van der Waals surface area contributed by atoms with Crippen molar-refractivity contribution >= 4 is 30.0 Å². The van der Waals surface area contributed by atoms with E-state index in [1.54, 1.807) is 4.90 Å². The van der Waals surface area contributed by atoms with Crippen LogP contribution in [0.2, 0.25) is 0 Å². The first-order chi connectivity index (χ1) is 10.0. The van der Waals surface area contributed by atoms with Crippen molar-refractivity contribution in [2.24, 2.45) is 5.92 Å². The van der Waals surface area contributed by atoms with Gasteiger partial charge < -0.3 is 15.0 Å². The molecule has 1 aromatic rings. The lowest BCUT2D eigenvalue weighted by atomic mass is 10.2. The Labute approximate surface area is 138 Å². The zero-order chi connectivity index (χ0) is 15.7. The number of rotatable bonds is 8. The summed E-state index contributed by atoms with van der Waals surface area (Å²) in [6, 6.07) is 9.57. The molecule has 124 valence electrons. The van der Waals surface area contributed by atoms with E-state index in [-0.39, 0.29) is 37.2 Å². The molecular formula is C16H25ClN2O3. The van der Waals surface area contributed by atoms with Crippen LogP contribution < -0.4 is 5.32 Å². The third kappa shape index (κ3) is 7.88. The van der Waals surface area contributed by atoms with E-state index in [1.807, 2.05) is 44.2 Å². The molecule has 1 rings (SSSR count). The van der Waals surface area contributed by atoms with Gasteiger partial charge in [0, 0.05) is 18.8 Å². The summed E-state index contributed by atoms with van der Waals surface area (Å²) in [5.74, 6) is 0.0346. The van der Waals surface area contributed by atoms with Crippen molar-refractivity contribution in [1.82, 2.24) is 4.90 Å². The number of nitrogens with zero attached hydrogens (tertiary/aromatic N) is 1. The van der Waals surface area contributed by atoms with Crippen LogP contribution in [-0.4, -0.2) is 43.5 Å². The first kappa shape index (κ1) is 20.2. The zero-order valence-electron chi connectivity index (χ0n) is 13.4. The van der Waals surface area contributed by atoms with Crippen molar-refractivity contribution in [3.05, 3.63) is 30.3 Å². The molecule has 1 aromatic carbocycles. The minimum absolute atomic E-state index is 0. The van der Waals surface area contributed by atoms with Gasteiger partial charge in [0.1, 0.15) is 0 Å². The minimum Gasteiger partial charge on any atom is -0.469 e. The molecule has 0 atom stereocenters. The van der Waals surface area contributed by atoms with Gasteiger partial charge in [-0.3, -0.25) is 9.59 Å². The van der Waals surface area contributed by atoms with E-state index in [0.29, 0.717) is 19.0 Å². The summed E-state index contributed by atoms with van der Waals surface area (Å²) < 4.78 is 4.62. The van der Waals surface area contributed by atoms with Crippen molar-refractivity contribution in [2.45, 2.75) is 20.3 Å². The third-order valence-corrected chi connectivity index (χ3v) is 2.97. The number of carbonyl (C=O) groups excluding carboxylic acids is 2. The fourth-order valence-electron chi connectivity index (χ4n) is 1.93. The largest absolute Gasteiger partial charge is 0.469 e.